The van der Waals surface area contributed by atoms with Crippen molar-refractivity contribution in [3.05, 3.63) is 22.7 Å². The molecule has 2 heterocycles. The number of guanidine groups is 1. The zero-order valence-corrected chi connectivity index (χ0v) is 17.1. The van der Waals surface area contributed by atoms with E-state index in [-0.39, 0.29) is 6.09 Å². The van der Waals surface area contributed by atoms with Crippen LogP contribution in [0.1, 0.15) is 12.5 Å². The number of rotatable bonds is 4. The zero-order chi connectivity index (χ0) is 19.9. The molecule has 0 aliphatic carbocycles. The van der Waals surface area contributed by atoms with Crippen LogP contribution >= 0.6 is 11.6 Å². The van der Waals surface area contributed by atoms with Crippen LogP contribution in [-0.4, -0.2) is 81.4 Å². The van der Waals surface area contributed by atoms with Gasteiger partial charge in [0.15, 0.2) is 17.5 Å². The molecule has 1 fully saturated rings. The fourth-order valence-corrected chi connectivity index (χ4v) is 3.56. The fourth-order valence-electron chi connectivity index (χ4n) is 3.28. The molecule has 1 aromatic rings. The Kier molecular flexibility index (Phi) is 7.08. The molecule has 0 bridgehead atoms. The summed E-state index contributed by atoms with van der Waals surface area (Å²) in [5.41, 5.74) is 1.07. The van der Waals surface area contributed by atoms with Gasteiger partial charge in [-0.05, 0) is 31.0 Å². The van der Waals surface area contributed by atoms with E-state index < -0.39 is 0 Å². The number of hydrogen-bond acceptors (Lipinski definition) is 5. The van der Waals surface area contributed by atoms with E-state index in [1.54, 1.807) is 11.9 Å². The van der Waals surface area contributed by atoms with Crippen LogP contribution in [0.4, 0.5) is 4.79 Å². The molecular formula is C19H27ClN4O4. The lowest BCUT2D eigenvalue weighted by atomic mass is 10.1. The predicted octanol–water partition coefficient (Wildman–Crippen LogP) is 2.00. The maximum Gasteiger partial charge on any atom is 0.409 e. The molecule has 0 spiro atoms. The van der Waals surface area contributed by atoms with Crippen molar-refractivity contribution in [2.24, 2.45) is 4.99 Å². The molecule has 1 N–H and O–H groups in total. The summed E-state index contributed by atoms with van der Waals surface area (Å²) in [5, 5.41) is 3.96. The van der Waals surface area contributed by atoms with Gasteiger partial charge in [0.25, 0.3) is 0 Å². The highest BCUT2D eigenvalue weighted by Crippen LogP contribution is 2.38. The van der Waals surface area contributed by atoms with Gasteiger partial charge in [-0.2, -0.15) is 0 Å². The molecule has 0 aromatic heterocycles. The van der Waals surface area contributed by atoms with Gasteiger partial charge in [-0.1, -0.05) is 11.6 Å². The van der Waals surface area contributed by atoms with Crippen LogP contribution in [0.5, 0.6) is 11.5 Å². The summed E-state index contributed by atoms with van der Waals surface area (Å²) in [5.74, 6) is 2.15. The highest BCUT2D eigenvalue weighted by molar-refractivity contribution is 6.32. The molecule has 0 unspecified atom stereocenters. The molecule has 0 saturated carbocycles. The Bertz CT molecular complexity index is 720. The van der Waals surface area contributed by atoms with Crippen LogP contribution in [0.2, 0.25) is 5.02 Å². The van der Waals surface area contributed by atoms with E-state index in [1.165, 1.54) is 0 Å². The van der Waals surface area contributed by atoms with E-state index in [4.69, 9.17) is 25.8 Å². The van der Waals surface area contributed by atoms with E-state index in [9.17, 15) is 4.79 Å². The van der Waals surface area contributed by atoms with Crippen molar-refractivity contribution < 1.29 is 19.0 Å². The van der Waals surface area contributed by atoms with Gasteiger partial charge in [-0.15, -0.1) is 0 Å². The summed E-state index contributed by atoms with van der Waals surface area (Å²) in [6.07, 6.45) is 0.527. The van der Waals surface area contributed by atoms with Crippen LogP contribution in [0, 0.1) is 0 Å². The first-order valence-electron chi connectivity index (χ1n) is 9.57. The Hall–Kier alpha value is -2.35. The maximum atomic E-state index is 11.8. The molecule has 9 heteroatoms. The molecule has 0 radical (unpaired) electrons. The summed E-state index contributed by atoms with van der Waals surface area (Å²) < 4.78 is 16.2. The fraction of sp³-hybridized carbons (Fsp3) is 0.579. The molecule has 1 aromatic carbocycles. The highest BCUT2D eigenvalue weighted by Gasteiger charge is 2.23. The lowest BCUT2D eigenvalue weighted by Gasteiger charge is -2.35. The quantitative estimate of drug-likeness (QED) is 0.604. The van der Waals surface area contributed by atoms with Crippen LogP contribution in [0.15, 0.2) is 17.1 Å². The molecule has 154 valence electrons. The van der Waals surface area contributed by atoms with E-state index in [1.807, 2.05) is 19.1 Å². The molecule has 3 rings (SSSR count). The number of ether oxygens (including phenoxy) is 3. The number of hydrogen-bond donors (Lipinski definition) is 1. The summed E-state index contributed by atoms with van der Waals surface area (Å²) >= 11 is 6.30. The number of carbonyl (C=O) groups excluding carboxylic acids is 1. The molecule has 1 saturated heterocycles. The SMILES string of the molecule is CCOC(=O)N1CCN(C(=NC)NCCc2cc(Cl)c3c(c2)OCCO3)CC1. The second-order valence-corrected chi connectivity index (χ2v) is 6.91. The number of fused-ring (bicyclic) bond motifs is 1. The monoisotopic (exact) mass is 410 g/mol. The first kappa shape index (κ1) is 20.4. The van der Waals surface area contributed by atoms with Gasteiger partial charge in [-0.3, -0.25) is 4.99 Å². The van der Waals surface area contributed by atoms with E-state index in [2.05, 4.69) is 15.2 Å². The summed E-state index contributed by atoms with van der Waals surface area (Å²) in [4.78, 5) is 20.0. The summed E-state index contributed by atoms with van der Waals surface area (Å²) in [6.45, 7) is 6.65. The number of halogens is 1. The third-order valence-electron chi connectivity index (χ3n) is 4.67. The number of aliphatic imine (C=N–C) groups is 1. The van der Waals surface area contributed by atoms with E-state index in [0.717, 1.165) is 17.9 Å². The van der Waals surface area contributed by atoms with Gasteiger partial charge in [0.2, 0.25) is 0 Å². The number of piperazine rings is 1. The van der Waals surface area contributed by atoms with E-state index >= 15 is 0 Å². The highest BCUT2D eigenvalue weighted by atomic mass is 35.5. The third-order valence-corrected chi connectivity index (χ3v) is 4.95. The molecule has 2 aliphatic rings. The van der Waals surface area contributed by atoms with Crippen LogP contribution in [0.3, 0.4) is 0 Å². The van der Waals surface area contributed by atoms with Crippen molar-refractivity contribution in [3.63, 3.8) is 0 Å². The van der Waals surface area contributed by atoms with Crippen molar-refractivity contribution in [3.8, 4) is 11.5 Å². The minimum Gasteiger partial charge on any atom is -0.486 e. The Morgan fingerprint density at radius 1 is 1.21 bits per heavy atom. The second-order valence-electron chi connectivity index (χ2n) is 6.50. The van der Waals surface area contributed by atoms with Crippen LogP contribution < -0.4 is 14.8 Å². The van der Waals surface area contributed by atoms with Crippen molar-refractivity contribution in [2.45, 2.75) is 13.3 Å². The number of amides is 1. The first-order chi connectivity index (χ1) is 13.6. The normalized spacial score (nSPS) is 16.8. The van der Waals surface area contributed by atoms with Crippen molar-refractivity contribution >= 4 is 23.7 Å². The first-order valence-corrected chi connectivity index (χ1v) is 9.95. The van der Waals surface area contributed by atoms with Gasteiger partial charge >= 0.3 is 6.09 Å². The van der Waals surface area contributed by atoms with Crippen molar-refractivity contribution in [1.29, 1.82) is 0 Å². The van der Waals surface area contributed by atoms with Gasteiger partial charge < -0.3 is 29.3 Å². The Morgan fingerprint density at radius 2 is 1.93 bits per heavy atom. The summed E-state index contributed by atoms with van der Waals surface area (Å²) in [7, 11) is 1.76. The largest absolute Gasteiger partial charge is 0.486 e. The molecule has 8 nitrogen and oxygen atoms in total. The average molecular weight is 411 g/mol. The lowest BCUT2D eigenvalue weighted by molar-refractivity contribution is 0.0915. The van der Waals surface area contributed by atoms with Crippen LogP contribution in [-0.2, 0) is 11.2 Å². The molecular weight excluding hydrogens is 384 g/mol. The van der Waals surface area contributed by atoms with Gasteiger partial charge in [-0.25, -0.2) is 4.79 Å². The number of nitrogens with one attached hydrogen (secondary N) is 1. The maximum absolute atomic E-state index is 11.8. The predicted molar refractivity (Wildman–Crippen MR) is 108 cm³/mol. The number of carbonyl (C=O) groups is 1. The van der Waals surface area contributed by atoms with Gasteiger partial charge in [0, 0.05) is 39.8 Å². The van der Waals surface area contributed by atoms with Crippen molar-refractivity contribution in [1.82, 2.24) is 15.1 Å². The Balaban J connectivity index is 1.49. The Labute approximate surface area is 170 Å². The number of nitrogens with zero attached hydrogens (tertiary/aromatic N) is 3. The third kappa shape index (κ3) is 4.92. The lowest BCUT2D eigenvalue weighted by Crippen LogP contribution is -2.54. The molecule has 0 atom stereocenters. The van der Waals surface area contributed by atoms with Gasteiger partial charge in [0.05, 0.1) is 11.6 Å². The molecule has 28 heavy (non-hydrogen) atoms. The molecule has 2 aliphatic heterocycles. The minimum absolute atomic E-state index is 0.249. The minimum atomic E-state index is -0.249. The Morgan fingerprint density at radius 3 is 2.64 bits per heavy atom. The van der Waals surface area contributed by atoms with E-state index in [0.29, 0.717) is 69.1 Å². The smallest absolute Gasteiger partial charge is 0.409 e. The van der Waals surface area contributed by atoms with Crippen LogP contribution in [0.25, 0.3) is 0 Å². The zero-order valence-electron chi connectivity index (χ0n) is 16.4. The standard InChI is InChI=1S/C19H27ClN4O4/c1-3-26-19(25)24-8-6-23(7-9-24)18(21-2)22-5-4-14-12-15(20)17-16(13-14)27-10-11-28-17/h12-13H,3-11H2,1-2H3,(H,21,22). The second kappa shape index (κ2) is 9.73. The van der Waals surface area contributed by atoms with Gasteiger partial charge in [0.1, 0.15) is 13.2 Å². The summed E-state index contributed by atoms with van der Waals surface area (Å²) in [6, 6.07) is 3.89. The topological polar surface area (TPSA) is 75.6 Å². The van der Waals surface area contributed by atoms with Crippen molar-refractivity contribution in [2.75, 3.05) is 59.6 Å². The number of benzene rings is 1. The molecule has 1 amide bonds. The average Bonchev–Trinajstić information content (AvgIpc) is 2.72.